The van der Waals surface area contributed by atoms with E-state index >= 15 is 0 Å². The fraction of sp³-hybridized carbons (Fsp3) is 0.261. The molecule has 0 aliphatic carbocycles. The maximum absolute atomic E-state index is 6.09. The van der Waals surface area contributed by atoms with E-state index in [4.69, 9.17) is 17.0 Å². The summed E-state index contributed by atoms with van der Waals surface area (Å²) in [6, 6.07) is 18.1. The van der Waals surface area contributed by atoms with E-state index < -0.39 is 0 Å². The largest absolute Gasteiger partial charge is 0.492 e. The summed E-state index contributed by atoms with van der Waals surface area (Å²) in [5, 5.41) is 1.10. The lowest BCUT2D eigenvalue weighted by atomic mass is 9.90. The van der Waals surface area contributed by atoms with Crippen LogP contribution in [0.1, 0.15) is 18.4 Å². The third-order valence-electron chi connectivity index (χ3n) is 4.77. The van der Waals surface area contributed by atoms with Gasteiger partial charge in [0.25, 0.3) is 0 Å². The zero-order chi connectivity index (χ0) is 19.5. The van der Waals surface area contributed by atoms with Crippen LogP contribution in [0.4, 0.5) is 0 Å². The monoisotopic (exact) mass is 370 g/mol. The topological polar surface area (TPSA) is 40.2 Å². The molecule has 2 aromatic carbocycles. The van der Waals surface area contributed by atoms with Crippen LogP contribution in [0.25, 0.3) is 22.4 Å². The maximum atomic E-state index is 6.09. The second kappa shape index (κ2) is 7.97. The van der Waals surface area contributed by atoms with Crippen LogP contribution in [0.15, 0.2) is 65.2 Å². The van der Waals surface area contributed by atoms with Gasteiger partial charge in [0.15, 0.2) is 0 Å². The molecule has 0 N–H and O–H groups in total. The summed E-state index contributed by atoms with van der Waals surface area (Å²) in [4.78, 5) is 4.65. The molecule has 2 heterocycles. The SMILES string of the molecule is [B][C@H](C)Cn1ccc2c(OCCc3nc(-c4ccccc4)oc3C)cccc21. The summed E-state index contributed by atoms with van der Waals surface area (Å²) in [5.74, 6) is 2.48. The molecule has 0 amide bonds. The predicted molar refractivity (Wildman–Crippen MR) is 113 cm³/mol. The number of hydrogen-bond donors (Lipinski definition) is 0. The van der Waals surface area contributed by atoms with E-state index in [9.17, 15) is 0 Å². The minimum Gasteiger partial charge on any atom is -0.492 e. The number of benzene rings is 2. The molecular weight excluding hydrogens is 347 g/mol. The van der Waals surface area contributed by atoms with Crippen LogP contribution in [0, 0.1) is 6.92 Å². The van der Waals surface area contributed by atoms with Gasteiger partial charge in [-0.05, 0) is 37.3 Å². The molecule has 0 unspecified atom stereocenters. The van der Waals surface area contributed by atoms with Crippen molar-refractivity contribution in [2.24, 2.45) is 0 Å². The summed E-state index contributed by atoms with van der Waals surface area (Å²) in [5.41, 5.74) is 3.05. The summed E-state index contributed by atoms with van der Waals surface area (Å²) in [6.45, 7) is 5.28. The van der Waals surface area contributed by atoms with Crippen LogP contribution in [-0.4, -0.2) is 24.0 Å². The van der Waals surface area contributed by atoms with Crippen molar-refractivity contribution in [2.75, 3.05) is 6.61 Å². The molecular formula is C23H23BN2O2. The van der Waals surface area contributed by atoms with Crippen molar-refractivity contribution in [3.8, 4) is 17.2 Å². The van der Waals surface area contributed by atoms with Gasteiger partial charge in [-0.3, -0.25) is 0 Å². The van der Waals surface area contributed by atoms with Crippen molar-refractivity contribution in [3.05, 3.63) is 72.2 Å². The highest BCUT2D eigenvalue weighted by Crippen LogP contribution is 2.28. The molecule has 4 nitrogen and oxygen atoms in total. The summed E-state index contributed by atoms with van der Waals surface area (Å²) in [7, 11) is 5.95. The predicted octanol–water partition coefficient (Wildman–Crippen LogP) is 5.20. The molecule has 0 saturated carbocycles. The van der Waals surface area contributed by atoms with Gasteiger partial charge >= 0.3 is 0 Å². The first-order valence-electron chi connectivity index (χ1n) is 9.60. The van der Waals surface area contributed by atoms with Crippen LogP contribution in [0.5, 0.6) is 5.75 Å². The highest BCUT2D eigenvalue weighted by atomic mass is 16.5. The standard InChI is InChI=1S/C23H23BN2O2/c1-16(24)15-26-13-11-19-21(26)9-6-10-22(19)27-14-12-20-17(2)28-23(25-20)18-7-4-3-5-8-18/h3-11,13,16H,12,14-15H2,1-2H3/t16-/m1/s1. The lowest BCUT2D eigenvalue weighted by molar-refractivity contribution is 0.323. The number of rotatable bonds is 7. The zero-order valence-corrected chi connectivity index (χ0v) is 16.3. The van der Waals surface area contributed by atoms with Gasteiger partial charge in [0.2, 0.25) is 5.89 Å². The Morgan fingerprint density at radius 1 is 1.11 bits per heavy atom. The molecule has 2 aromatic heterocycles. The molecule has 140 valence electrons. The Hall–Kier alpha value is -2.95. The number of oxazole rings is 1. The van der Waals surface area contributed by atoms with Gasteiger partial charge < -0.3 is 13.7 Å². The van der Waals surface area contributed by atoms with Crippen LogP contribution < -0.4 is 4.74 Å². The molecule has 0 fully saturated rings. The Labute approximate surface area is 166 Å². The van der Waals surface area contributed by atoms with E-state index in [1.54, 1.807) is 0 Å². The fourth-order valence-corrected chi connectivity index (χ4v) is 3.41. The minimum absolute atomic E-state index is 0.106. The number of ether oxygens (including phenoxy) is 1. The van der Waals surface area contributed by atoms with Crippen molar-refractivity contribution in [1.29, 1.82) is 0 Å². The lowest BCUT2D eigenvalue weighted by Gasteiger charge is -2.10. The van der Waals surface area contributed by atoms with Crippen molar-refractivity contribution in [1.82, 2.24) is 9.55 Å². The van der Waals surface area contributed by atoms with Crippen LogP contribution in [-0.2, 0) is 13.0 Å². The molecule has 4 aromatic rings. The zero-order valence-electron chi connectivity index (χ0n) is 16.3. The van der Waals surface area contributed by atoms with E-state index in [-0.39, 0.29) is 5.82 Å². The Kier molecular flexibility index (Phi) is 5.24. The molecule has 0 bridgehead atoms. The van der Waals surface area contributed by atoms with Gasteiger partial charge in [-0.15, -0.1) is 0 Å². The Balaban J connectivity index is 1.46. The van der Waals surface area contributed by atoms with Crippen LogP contribution >= 0.6 is 0 Å². The number of aromatic nitrogens is 2. The van der Waals surface area contributed by atoms with Gasteiger partial charge in [0, 0.05) is 30.1 Å². The second-order valence-corrected chi connectivity index (χ2v) is 7.12. The van der Waals surface area contributed by atoms with Crippen LogP contribution in [0.2, 0.25) is 5.82 Å². The summed E-state index contributed by atoms with van der Waals surface area (Å²) >= 11 is 0. The van der Waals surface area contributed by atoms with Gasteiger partial charge in [0.05, 0.1) is 25.7 Å². The van der Waals surface area contributed by atoms with E-state index in [1.165, 1.54) is 0 Å². The molecule has 1 atom stereocenters. The molecule has 5 heteroatoms. The van der Waals surface area contributed by atoms with Gasteiger partial charge in [-0.1, -0.05) is 37.0 Å². The lowest BCUT2D eigenvalue weighted by Crippen LogP contribution is -2.04. The summed E-state index contributed by atoms with van der Waals surface area (Å²) in [6.07, 6.45) is 2.76. The van der Waals surface area contributed by atoms with E-state index in [0.717, 1.165) is 40.2 Å². The van der Waals surface area contributed by atoms with Crippen molar-refractivity contribution >= 4 is 18.7 Å². The van der Waals surface area contributed by atoms with E-state index in [1.807, 2.05) is 56.3 Å². The van der Waals surface area contributed by atoms with Crippen LogP contribution in [0.3, 0.4) is 0 Å². The minimum atomic E-state index is 0.106. The first-order valence-corrected chi connectivity index (χ1v) is 9.60. The highest BCUT2D eigenvalue weighted by molar-refractivity contribution is 6.11. The van der Waals surface area contributed by atoms with E-state index in [2.05, 4.69) is 27.9 Å². The van der Waals surface area contributed by atoms with Crippen molar-refractivity contribution in [3.63, 3.8) is 0 Å². The van der Waals surface area contributed by atoms with Gasteiger partial charge in [-0.2, -0.15) is 0 Å². The Morgan fingerprint density at radius 3 is 2.71 bits per heavy atom. The molecule has 0 saturated heterocycles. The molecule has 0 aliphatic rings. The smallest absolute Gasteiger partial charge is 0.226 e. The number of fused-ring (bicyclic) bond motifs is 1. The number of hydrogen-bond acceptors (Lipinski definition) is 3. The number of nitrogens with zero attached hydrogens (tertiary/aromatic N) is 2. The molecule has 0 aliphatic heterocycles. The van der Waals surface area contributed by atoms with Crippen molar-refractivity contribution in [2.45, 2.75) is 32.6 Å². The maximum Gasteiger partial charge on any atom is 0.226 e. The highest BCUT2D eigenvalue weighted by Gasteiger charge is 2.12. The van der Waals surface area contributed by atoms with E-state index in [0.29, 0.717) is 18.9 Å². The average Bonchev–Trinajstić information content (AvgIpc) is 3.27. The Morgan fingerprint density at radius 2 is 1.93 bits per heavy atom. The molecule has 28 heavy (non-hydrogen) atoms. The molecule has 0 spiro atoms. The van der Waals surface area contributed by atoms with Gasteiger partial charge in [-0.25, -0.2) is 4.98 Å². The Bertz CT molecular complexity index is 1070. The fourth-order valence-electron chi connectivity index (χ4n) is 3.41. The van der Waals surface area contributed by atoms with Gasteiger partial charge in [0.1, 0.15) is 11.5 Å². The first kappa shape index (κ1) is 18.4. The first-order chi connectivity index (χ1) is 13.6. The normalized spacial score (nSPS) is 12.4. The quantitative estimate of drug-likeness (QED) is 0.420. The third-order valence-corrected chi connectivity index (χ3v) is 4.77. The number of aryl methyl sites for hydroxylation is 1. The second-order valence-electron chi connectivity index (χ2n) is 7.12. The summed E-state index contributed by atoms with van der Waals surface area (Å²) < 4.78 is 14.1. The average molecular weight is 370 g/mol. The third kappa shape index (κ3) is 3.84. The van der Waals surface area contributed by atoms with Crippen molar-refractivity contribution < 1.29 is 9.15 Å². The molecule has 4 rings (SSSR count). The molecule has 2 radical (unpaired) electrons.